The van der Waals surface area contributed by atoms with E-state index in [-0.39, 0.29) is 6.04 Å². The highest BCUT2D eigenvalue weighted by molar-refractivity contribution is 5.80. The number of aryl methyl sites for hydroxylation is 1. The molecule has 0 amide bonds. The van der Waals surface area contributed by atoms with Gasteiger partial charge in [-0.25, -0.2) is 0 Å². The molecule has 1 aromatic rings. The zero-order chi connectivity index (χ0) is 19.3. The first-order valence-corrected chi connectivity index (χ1v) is 8.49. The van der Waals surface area contributed by atoms with Gasteiger partial charge < -0.3 is 15.4 Å². The summed E-state index contributed by atoms with van der Waals surface area (Å²) in [5, 5.41) is 6.35. The normalized spacial score (nSPS) is 18.9. The number of nitrogens with zero attached hydrogens (tertiary/aromatic N) is 3. The number of guanidine groups is 1. The predicted octanol–water partition coefficient (Wildman–Crippen LogP) is 2.01. The number of aromatic nitrogens is 1. The van der Waals surface area contributed by atoms with Crippen LogP contribution in [0.15, 0.2) is 11.2 Å². The van der Waals surface area contributed by atoms with Gasteiger partial charge in [-0.05, 0) is 20.3 Å². The molecule has 2 heterocycles. The molecule has 0 aromatic carbocycles. The summed E-state index contributed by atoms with van der Waals surface area (Å²) in [7, 11) is 3.26. The zero-order valence-electron chi connectivity index (χ0n) is 15.6. The van der Waals surface area contributed by atoms with E-state index < -0.39 is 12.7 Å². The lowest BCUT2D eigenvalue weighted by molar-refractivity contribution is -0.143. The van der Waals surface area contributed by atoms with Crippen LogP contribution >= 0.6 is 0 Å². The third kappa shape index (κ3) is 5.48. The van der Waals surface area contributed by atoms with Gasteiger partial charge in [-0.2, -0.15) is 13.2 Å². The maximum atomic E-state index is 12.5. The van der Waals surface area contributed by atoms with Crippen LogP contribution in [0.1, 0.15) is 23.2 Å². The number of halogens is 3. The van der Waals surface area contributed by atoms with Crippen molar-refractivity contribution in [1.29, 1.82) is 0 Å². The summed E-state index contributed by atoms with van der Waals surface area (Å²) in [6.45, 7) is 4.21. The topological polar surface area (TPSA) is 61.8 Å². The van der Waals surface area contributed by atoms with Gasteiger partial charge in [0.25, 0.3) is 0 Å². The first-order chi connectivity index (χ1) is 12.2. The van der Waals surface area contributed by atoms with E-state index in [1.165, 1.54) is 4.90 Å². The molecule has 1 saturated heterocycles. The molecule has 1 aliphatic heterocycles. The highest BCUT2D eigenvalue weighted by Crippen LogP contribution is 2.24. The van der Waals surface area contributed by atoms with E-state index >= 15 is 0 Å². The van der Waals surface area contributed by atoms with Crippen LogP contribution in [0.2, 0.25) is 0 Å². The monoisotopic (exact) mass is 373 g/mol. The molecule has 9 heteroatoms. The summed E-state index contributed by atoms with van der Waals surface area (Å²) in [5.74, 6) is 1.35. The lowest BCUT2D eigenvalue weighted by Crippen LogP contribution is -2.45. The van der Waals surface area contributed by atoms with E-state index in [9.17, 15) is 13.2 Å². The van der Waals surface area contributed by atoms with Gasteiger partial charge in [-0.1, -0.05) is 0 Å². The van der Waals surface area contributed by atoms with Gasteiger partial charge in [-0.3, -0.25) is 14.9 Å². The molecule has 0 spiro atoms. The van der Waals surface area contributed by atoms with Gasteiger partial charge in [-0.15, -0.1) is 0 Å². The first kappa shape index (κ1) is 20.3. The summed E-state index contributed by atoms with van der Waals surface area (Å²) in [5.41, 5.74) is 2.75. The fourth-order valence-electron chi connectivity index (χ4n) is 3.15. The molecule has 0 bridgehead atoms. The molecule has 6 nitrogen and oxygen atoms in total. The van der Waals surface area contributed by atoms with Crippen molar-refractivity contribution in [2.45, 2.75) is 39.0 Å². The smallest absolute Gasteiger partial charge is 0.401 e. The molecule has 2 rings (SSSR count). The highest BCUT2D eigenvalue weighted by atomic mass is 19.4. The lowest BCUT2D eigenvalue weighted by Gasteiger charge is -2.20. The summed E-state index contributed by atoms with van der Waals surface area (Å²) in [6, 6.07) is -0.0647. The Bertz CT molecular complexity index is 648. The summed E-state index contributed by atoms with van der Waals surface area (Å²) in [4.78, 5) is 9.97. The maximum absolute atomic E-state index is 12.5. The van der Waals surface area contributed by atoms with Gasteiger partial charge in [0, 0.05) is 43.5 Å². The van der Waals surface area contributed by atoms with E-state index in [0.29, 0.717) is 32.0 Å². The van der Waals surface area contributed by atoms with Crippen molar-refractivity contribution in [3.8, 4) is 5.75 Å². The molecule has 0 radical (unpaired) electrons. The van der Waals surface area contributed by atoms with Crippen molar-refractivity contribution in [2.24, 2.45) is 4.99 Å². The molecule has 1 aliphatic rings. The molecule has 0 saturated carbocycles. The number of pyridine rings is 1. The van der Waals surface area contributed by atoms with Crippen LogP contribution in [0.3, 0.4) is 0 Å². The Hall–Kier alpha value is -2.03. The van der Waals surface area contributed by atoms with E-state index in [1.807, 2.05) is 13.8 Å². The second-order valence-corrected chi connectivity index (χ2v) is 6.45. The zero-order valence-corrected chi connectivity index (χ0v) is 15.6. The summed E-state index contributed by atoms with van der Waals surface area (Å²) < 4.78 is 42.9. The number of alkyl halides is 3. The van der Waals surface area contributed by atoms with Crippen molar-refractivity contribution >= 4 is 5.96 Å². The molecule has 146 valence electrons. The van der Waals surface area contributed by atoms with Gasteiger partial charge in [0.05, 0.1) is 25.9 Å². The number of hydrogen-bond acceptors (Lipinski definition) is 4. The Morgan fingerprint density at radius 3 is 2.77 bits per heavy atom. The number of ether oxygens (including phenoxy) is 1. The average molecular weight is 373 g/mol. The number of hydrogen-bond donors (Lipinski definition) is 2. The van der Waals surface area contributed by atoms with Crippen LogP contribution in [-0.4, -0.2) is 61.9 Å². The Morgan fingerprint density at radius 2 is 2.15 bits per heavy atom. The van der Waals surface area contributed by atoms with E-state index in [1.54, 1.807) is 20.4 Å². The van der Waals surface area contributed by atoms with Crippen molar-refractivity contribution in [3.05, 3.63) is 23.0 Å². The number of rotatable bonds is 5. The van der Waals surface area contributed by atoms with E-state index in [4.69, 9.17) is 4.74 Å². The molecular weight excluding hydrogens is 347 g/mol. The minimum absolute atomic E-state index is 0.0647. The fourth-order valence-corrected chi connectivity index (χ4v) is 3.15. The standard InChI is InChI=1S/C17H26F3N5O/c1-11-7-22-14(12(2)15(11)26-4)8-23-16(21-3)24-13-5-6-25(9-13)10-17(18,19)20/h7,13H,5-6,8-10H2,1-4H3,(H2,21,23,24). The van der Waals surface area contributed by atoms with Crippen LogP contribution in [0, 0.1) is 13.8 Å². The molecular formula is C17H26F3N5O. The molecule has 2 N–H and O–H groups in total. The third-order valence-corrected chi connectivity index (χ3v) is 4.41. The average Bonchev–Trinajstić information content (AvgIpc) is 2.98. The molecule has 1 fully saturated rings. The van der Waals surface area contributed by atoms with Gasteiger partial charge in [0.1, 0.15) is 5.75 Å². The van der Waals surface area contributed by atoms with Gasteiger partial charge >= 0.3 is 6.18 Å². The fraction of sp³-hybridized carbons (Fsp3) is 0.647. The molecule has 26 heavy (non-hydrogen) atoms. The third-order valence-electron chi connectivity index (χ3n) is 4.41. The van der Waals surface area contributed by atoms with Crippen LogP contribution in [0.4, 0.5) is 13.2 Å². The molecule has 1 atom stereocenters. The second kappa shape index (κ2) is 8.57. The lowest BCUT2D eigenvalue weighted by atomic mass is 10.1. The number of likely N-dealkylation sites (tertiary alicyclic amines) is 1. The van der Waals surface area contributed by atoms with E-state index in [2.05, 4.69) is 20.6 Å². The number of nitrogens with one attached hydrogen (secondary N) is 2. The quantitative estimate of drug-likeness (QED) is 0.611. The predicted molar refractivity (Wildman–Crippen MR) is 94.5 cm³/mol. The SMILES string of the molecule is CN=C(NCc1ncc(C)c(OC)c1C)NC1CCN(CC(F)(F)F)C1. The van der Waals surface area contributed by atoms with Crippen molar-refractivity contribution in [2.75, 3.05) is 33.8 Å². The maximum Gasteiger partial charge on any atom is 0.401 e. The summed E-state index contributed by atoms with van der Waals surface area (Å²) in [6.07, 6.45) is -1.76. The highest BCUT2D eigenvalue weighted by Gasteiger charge is 2.34. The van der Waals surface area contributed by atoms with Crippen molar-refractivity contribution in [1.82, 2.24) is 20.5 Å². The number of aliphatic imine (C=N–C) groups is 1. The van der Waals surface area contributed by atoms with Crippen LogP contribution in [0.25, 0.3) is 0 Å². The second-order valence-electron chi connectivity index (χ2n) is 6.45. The van der Waals surface area contributed by atoms with Crippen molar-refractivity contribution < 1.29 is 17.9 Å². The van der Waals surface area contributed by atoms with Crippen LogP contribution in [-0.2, 0) is 6.54 Å². The minimum Gasteiger partial charge on any atom is -0.496 e. The molecule has 0 aliphatic carbocycles. The van der Waals surface area contributed by atoms with E-state index in [0.717, 1.165) is 22.6 Å². The Kier molecular flexibility index (Phi) is 6.69. The first-order valence-electron chi connectivity index (χ1n) is 8.49. The molecule has 1 aromatic heterocycles. The molecule has 1 unspecified atom stereocenters. The Balaban J connectivity index is 1.89. The van der Waals surface area contributed by atoms with Crippen molar-refractivity contribution in [3.63, 3.8) is 0 Å². The summed E-state index contributed by atoms with van der Waals surface area (Å²) >= 11 is 0. The van der Waals surface area contributed by atoms with Gasteiger partial charge in [0.15, 0.2) is 5.96 Å². The number of methoxy groups -OCH3 is 1. The largest absolute Gasteiger partial charge is 0.496 e. The van der Waals surface area contributed by atoms with Crippen LogP contribution in [0.5, 0.6) is 5.75 Å². The Labute approximate surface area is 151 Å². The Morgan fingerprint density at radius 1 is 1.42 bits per heavy atom. The van der Waals surface area contributed by atoms with Gasteiger partial charge in [0.2, 0.25) is 0 Å². The van der Waals surface area contributed by atoms with Crippen LogP contribution < -0.4 is 15.4 Å². The minimum atomic E-state index is -4.16.